The third-order valence-corrected chi connectivity index (χ3v) is 3.06. The van der Waals surface area contributed by atoms with Crippen LogP contribution >= 0.6 is 11.5 Å². The van der Waals surface area contributed by atoms with Crippen LogP contribution in [0.2, 0.25) is 0 Å². The Morgan fingerprint density at radius 3 is 3.00 bits per heavy atom. The molecular weight excluding hydrogens is 170 g/mol. The fourth-order valence-electron chi connectivity index (χ4n) is 1.66. The summed E-state index contributed by atoms with van der Waals surface area (Å²) in [6.45, 7) is 5.60. The predicted octanol–water partition coefficient (Wildman–Crippen LogP) is 1.06. The van der Waals surface area contributed by atoms with Gasteiger partial charge in [-0.05, 0) is 5.41 Å². The number of aromatic nitrogens is 2. The van der Waals surface area contributed by atoms with E-state index >= 15 is 0 Å². The molecule has 0 atom stereocenters. The molecule has 0 saturated heterocycles. The largest absolute Gasteiger partial charge is 0.304 e. The smallest absolute Gasteiger partial charge is 0.203 e. The van der Waals surface area contributed by atoms with Crippen molar-refractivity contribution in [2.45, 2.75) is 26.8 Å². The molecule has 12 heavy (non-hydrogen) atoms. The van der Waals surface area contributed by atoms with Gasteiger partial charge < -0.3 is 4.57 Å². The van der Waals surface area contributed by atoms with Crippen LogP contribution in [0.15, 0.2) is 4.99 Å². The van der Waals surface area contributed by atoms with Crippen molar-refractivity contribution in [1.82, 2.24) is 8.94 Å². The summed E-state index contributed by atoms with van der Waals surface area (Å²) in [6, 6.07) is 0. The summed E-state index contributed by atoms with van der Waals surface area (Å²) >= 11 is 1.50. The molecule has 1 aliphatic rings. The fraction of sp³-hybridized carbons (Fsp3) is 0.750. The Balaban J connectivity index is 2.51. The van der Waals surface area contributed by atoms with E-state index in [9.17, 15) is 0 Å². The lowest BCUT2D eigenvalue weighted by Crippen LogP contribution is -2.18. The van der Waals surface area contributed by atoms with Crippen LogP contribution in [-0.2, 0) is 13.0 Å². The van der Waals surface area contributed by atoms with Crippen LogP contribution in [0, 0.1) is 5.41 Å². The monoisotopic (exact) mass is 183 g/mol. The van der Waals surface area contributed by atoms with E-state index in [1.54, 1.807) is 0 Å². The van der Waals surface area contributed by atoms with E-state index in [0.717, 1.165) is 17.8 Å². The molecule has 0 N–H and O–H groups in total. The first-order valence-electron chi connectivity index (χ1n) is 4.11. The van der Waals surface area contributed by atoms with Crippen LogP contribution < -0.4 is 4.80 Å². The Morgan fingerprint density at radius 2 is 2.33 bits per heavy atom. The maximum Gasteiger partial charge on any atom is 0.203 e. The van der Waals surface area contributed by atoms with Gasteiger partial charge >= 0.3 is 0 Å². The quantitative estimate of drug-likeness (QED) is 0.591. The average Bonchev–Trinajstić information content (AvgIpc) is 2.42. The molecule has 0 amide bonds. The first kappa shape index (κ1) is 7.98. The molecule has 0 bridgehead atoms. The molecule has 0 aliphatic carbocycles. The lowest BCUT2D eigenvalue weighted by Gasteiger charge is -2.13. The van der Waals surface area contributed by atoms with Crippen molar-refractivity contribution in [1.29, 1.82) is 0 Å². The maximum atomic E-state index is 4.37. The van der Waals surface area contributed by atoms with Gasteiger partial charge in [-0.15, -0.1) is 0 Å². The lowest BCUT2D eigenvalue weighted by atomic mass is 9.92. The molecule has 66 valence electrons. The molecule has 0 radical (unpaired) electrons. The summed E-state index contributed by atoms with van der Waals surface area (Å²) in [6.07, 6.45) is 1.08. The van der Waals surface area contributed by atoms with Crippen LogP contribution in [0.5, 0.6) is 0 Å². The molecule has 0 saturated carbocycles. The molecule has 0 spiro atoms. The second kappa shape index (κ2) is 2.42. The highest BCUT2D eigenvalue weighted by Crippen LogP contribution is 2.29. The molecule has 2 rings (SSSR count). The Morgan fingerprint density at radius 1 is 1.58 bits per heavy atom. The minimum Gasteiger partial charge on any atom is -0.304 e. The van der Waals surface area contributed by atoms with Gasteiger partial charge in [0.2, 0.25) is 4.80 Å². The van der Waals surface area contributed by atoms with Crippen molar-refractivity contribution >= 4 is 11.5 Å². The second-order valence-electron chi connectivity index (χ2n) is 4.03. The number of hydrogen-bond acceptors (Lipinski definition) is 3. The Kier molecular flexibility index (Phi) is 1.61. The third kappa shape index (κ3) is 1.10. The minimum atomic E-state index is 0.371. The van der Waals surface area contributed by atoms with Crippen LogP contribution in [0.1, 0.15) is 19.7 Å². The summed E-state index contributed by atoms with van der Waals surface area (Å²) in [5.41, 5.74) is 0.371. The van der Waals surface area contributed by atoms with E-state index < -0.39 is 0 Å². The highest BCUT2D eigenvalue weighted by Gasteiger charge is 2.30. The molecular formula is C8H13N3S. The number of nitrogens with zero attached hydrogens (tertiary/aromatic N) is 3. The van der Waals surface area contributed by atoms with Crippen LogP contribution in [0.4, 0.5) is 0 Å². The fourth-order valence-corrected chi connectivity index (χ4v) is 2.36. The lowest BCUT2D eigenvalue weighted by molar-refractivity contribution is 0.356. The van der Waals surface area contributed by atoms with Gasteiger partial charge in [-0.3, -0.25) is 4.99 Å². The summed E-state index contributed by atoms with van der Waals surface area (Å²) in [5.74, 6) is 1.20. The van der Waals surface area contributed by atoms with E-state index in [1.165, 1.54) is 17.4 Å². The van der Waals surface area contributed by atoms with E-state index in [4.69, 9.17) is 0 Å². The van der Waals surface area contributed by atoms with Crippen LogP contribution in [0.3, 0.4) is 0 Å². The molecule has 4 heteroatoms. The number of fused-ring (bicyclic) bond motifs is 1. The Bertz CT molecular complexity index is 359. The summed E-state index contributed by atoms with van der Waals surface area (Å²) in [7, 11) is 1.83. The Labute approximate surface area is 75.9 Å². The maximum absolute atomic E-state index is 4.37. The third-order valence-electron chi connectivity index (χ3n) is 2.19. The van der Waals surface area contributed by atoms with Gasteiger partial charge in [0.1, 0.15) is 5.82 Å². The van der Waals surface area contributed by atoms with Crippen molar-refractivity contribution in [2.24, 2.45) is 10.4 Å². The first-order valence-corrected chi connectivity index (χ1v) is 4.88. The topological polar surface area (TPSA) is 30.2 Å². The van der Waals surface area contributed by atoms with Gasteiger partial charge in [0.05, 0.1) is 0 Å². The normalized spacial score (nSPS) is 21.4. The Hall–Kier alpha value is -0.640. The zero-order chi connectivity index (χ0) is 8.77. The molecule has 1 aromatic rings. The van der Waals surface area contributed by atoms with Crippen molar-refractivity contribution < 1.29 is 0 Å². The highest BCUT2D eigenvalue weighted by atomic mass is 32.1. The van der Waals surface area contributed by atoms with Crippen LogP contribution in [0.25, 0.3) is 0 Å². The van der Waals surface area contributed by atoms with Gasteiger partial charge in [0.15, 0.2) is 0 Å². The van der Waals surface area contributed by atoms with Gasteiger partial charge in [0, 0.05) is 31.5 Å². The van der Waals surface area contributed by atoms with E-state index in [-0.39, 0.29) is 0 Å². The van der Waals surface area contributed by atoms with Gasteiger partial charge in [-0.1, -0.05) is 13.8 Å². The minimum absolute atomic E-state index is 0.371. The van der Waals surface area contributed by atoms with Crippen molar-refractivity contribution in [2.75, 3.05) is 7.05 Å². The van der Waals surface area contributed by atoms with E-state index in [1.807, 2.05) is 7.05 Å². The van der Waals surface area contributed by atoms with Gasteiger partial charge in [0.25, 0.3) is 0 Å². The predicted molar refractivity (Wildman–Crippen MR) is 49.1 cm³/mol. The highest BCUT2D eigenvalue weighted by molar-refractivity contribution is 7.02. The molecule has 0 aromatic carbocycles. The molecule has 1 aromatic heterocycles. The first-order chi connectivity index (χ1) is 5.62. The molecule has 3 nitrogen and oxygen atoms in total. The van der Waals surface area contributed by atoms with Crippen molar-refractivity contribution in [3.63, 3.8) is 0 Å². The summed E-state index contributed by atoms with van der Waals surface area (Å²) in [4.78, 5) is 5.24. The molecule has 0 fully saturated rings. The molecule has 2 heterocycles. The van der Waals surface area contributed by atoms with Gasteiger partial charge in [-0.25, -0.2) is 0 Å². The van der Waals surface area contributed by atoms with Crippen molar-refractivity contribution in [3.05, 3.63) is 10.6 Å². The number of hydrogen-bond donors (Lipinski definition) is 0. The summed E-state index contributed by atoms with van der Waals surface area (Å²) < 4.78 is 6.60. The molecule has 1 aliphatic heterocycles. The standard InChI is InChI=1S/C8H13N3S/c1-8(2)4-6-10-12-7(9-3)11(6)5-8/h4-5H2,1-3H3/b9-7+. The van der Waals surface area contributed by atoms with Crippen LogP contribution in [-0.4, -0.2) is 16.0 Å². The zero-order valence-electron chi connectivity index (χ0n) is 7.66. The van der Waals surface area contributed by atoms with E-state index in [2.05, 4.69) is 27.8 Å². The SMILES string of the molecule is C/N=c1/snc2n1CC(C)(C)C2. The van der Waals surface area contributed by atoms with Crippen molar-refractivity contribution in [3.8, 4) is 0 Å². The number of rotatable bonds is 0. The average molecular weight is 183 g/mol. The second-order valence-corrected chi connectivity index (χ2v) is 4.76. The molecule has 0 unspecified atom stereocenters. The summed E-state index contributed by atoms with van der Waals surface area (Å²) in [5, 5.41) is 0. The zero-order valence-corrected chi connectivity index (χ0v) is 8.48. The van der Waals surface area contributed by atoms with Gasteiger partial charge in [-0.2, -0.15) is 4.37 Å². The van der Waals surface area contributed by atoms with E-state index in [0.29, 0.717) is 5.41 Å².